The van der Waals surface area contributed by atoms with Crippen molar-refractivity contribution in [1.29, 1.82) is 0 Å². The van der Waals surface area contributed by atoms with Gasteiger partial charge in [-0.2, -0.15) is 0 Å². The minimum Gasteiger partial charge on any atom is -0.497 e. The maximum Gasteiger partial charge on any atom is 0.145 e. The van der Waals surface area contributed by atoms with Gasteiger partial charge in [0.05, 0.1) is 33.1 Å². The first-order valence-corrected chi connectivity index (χ1v) is 26.2. The summed E-state index contributed by atoms with van der Waals surface area (Å²) in [5, 5.41) is 19.8. The predicted molar refractivity (Wildman–Crippen MR) is 272 cm³/mol. The molecule has 374 valence electrons. The Labute approximate surface area is 393 Å². The Bertz CT molecular complexity index is 1090. The Hall–Kier alpha value is -1.82. The third-order valence-corrected chi connectivity index (χ3v) is 13.0. The van der Waals surface area contributed by atoms with Gasteiger partial charge in [-0.05, 0) is 91.2 Å². The van der Waals surface area contributed by atoms with Gasteiger partial charge < -0.3 is 60.8 Å². The van der Waals surface area contributed by atoms with E-state index in [1.807, 2.05) is 12.1 Å². The zero-order chi connectivity index (χ0) is 45.4. The molecule has 14 nitrogen and oxygen atoms in total. The summed E-state index contributed by atoms with van der Waals surface area (Å²) < 4.78 is 15.9. The molecule has 8 fully saturated rings. The maximum atomic E-state index is 5.40. The first kappa shape index (κ1) is 56.5. The lowest BCUT2D eigenvalue weighted by Crippen LogP contribution is -2.47. The molecule has 0 amide bonds. The summed E-state index contributed by atoms with van der Waals surface area (Å²) in [7, 11) is 7.69. The van der Waals surface area contributed by atoms with Gasteiger partial charge in [0.2, 0.25) is 0 Å². The highest BCUT2D eigenvalue weighted by molar-refractivity contribution is 5.61. The molecule has 7 saturated heterocycles. The molecule has 0 unspecified atom stereocenters. The number of likely N-dealkylation sites (N-methyl/N-ethyl adjacent to an activating group) is 2. The summed E-state index contributed by atoms with van der Waals surface area (Å²) in [6.07, 6.45) is 20.3. The van der Waals surface area contributed by atoms with Crippen molar-refractivity contribution in [2.24, 2.45) is 0 Å². The first-order chi connectivity index (χ1) is 31.6. The van der Waals surface area contributed by atoms with E-state index < -0.39 is 0 Å². The van der Waals surface area contributed by atoms with Crippen LogP contribution < -0.4 is 46.3 Å². The van der Waals surface area contributed by atoms with Crippen LogP contribution in [0.15, 0.2) is 18.2 Å². The van der Waals surface area contributed by atoms with E-state index in [1.165, 1.54) is 175 Å². The Kier molecular flexibility index (Phi) is 35.5. The Morgan fingerprint density at radius 3 is 1.28 bits per heavy atom. The number of hydrogen-bond donors (Lipinski definition) is 6. The fraction of sp³-hybridized carbons (Fsp3) is 0.880. The van der Waals surface area contributed by atoms with Crippen molar-refractivity contribution >= 4 is 5.69 Å². The fourth-order valence-electron chi connectivity index (χ4n) is 8.32. The highest BCUT2D eigenvalue weighted by atomic mass is 16.5. The van der Waals surface area contributed by atoms with E-state index in [-0.39, 0.29) is 0 Å². The SMILES string of the molecule is C1CCCCCC1.C1CCCNCCC1.C1CN(CCN2CCOCC2)CCN1.C1CNC1.CN1CCCNCC1.CN1CCNCC1.COc1ccc(N2CCNCC2)c(OC)c1. The molecule has 8 aliphatic rings. The molecule has 1 aromatic rings. The zero-order valence-electron chi connectivity index (χ0n) is 42.0. The van der Waals surface area contributed by atoms with E-state index in [4.69, 9.17) is 14.2 Å². The average molecular weight is 904 g/mol. The van der Waals surface area contributed by atoms with Crippen LogP contribution in [0.2, 0.25) is 0 Å². The molecule has 64 heavy (non-hydrogen) atoms. The minimum absolute atomic E-state index is 0.829. The zero-order valence-corrected chi connectivity index (χ0v) is 42.0. The van der Waals surface area contributed by atoms with E-state index in [0.717, 1.165) is 102 Å². The van der Waals surface area contributed by atoms with Crippen molar-refractivity contribution in [1.82, 2.24) is 51.5 Å². The van der Waals surface area contributed by atoms with Crippen molar-refractivity contribution in [3.8, 4) is 11.5 Å². The smallest absolute Gasteiger partial charge is 0.145 e. The Morgan fingerprint density at radius 1 is 0.422 bits per heavy atom. The van der Waals surface area contributed by atoms with Gasteiger partial charge in [-0.25, -0.2) is 0 Å². The number of rotatable bonds is 6. The van der Waals surface area contributed by atoms with Crippen LogP contribution in [0.5, 0.6) is 11.5 Å². The van der Waals surface area contributed by atoms with Gasteiger partial charge in [0.15, 0.2) is 0 Å². The van der Waals surface area contributed by atoms with Crippen LogP contribution in [0.1, 0.15) is 89.9 Å². The topological polar surface area (TPSA) is 116 Å². The van der Waals surface area contributed by atoms with E-state index in [9.17, 15) is 0 Å². The van der Waals surface area contributed by atoms with Crippen LogP contribution in [-0.2, 0) is 4.74 Å². The molecule has 0 aromatic heterocycles. The van der Waals surface area contributed by atoms with Crippen LogP contribution in [0.4, 0.5) is 5.69 Å². The maximum absolute atomic E-state index is 5.40. The molecule has 6 N–H and O–H groups in total. The highest BCUT2D eigenvalue weighted by Crippen LogP contribution is 2.32. The molecule has 1 aliphatic carbocycles. The van der Waals surface area contributed by atoms with E-state index in [1.54, 1.807) is 14.2 Å². The van der Waals surface area contributed by atoms with E-state index in [0.29, 0.717) is 0 Å². The third kappa shape index (κ3) is 29.7. The number of hydrogen-bond acceptors (Lipinski definition) is 14. The molecule has 1 saturated carbocycles. The van der Waals surface area contributed by atoms with E-state index >= 15 is 0 Å². The molecule has 0 spiro atoms. The van der Waals surface area contributed by atoms with Crippen molar-refractivity contribution in [2.75, 3.05) is 204 Å². The molecular weight excluding hydrogens is 803 g/mol. The molecule has 0 bridgehead atoms. The molecule has 0 radical (unpaired) electrons. The van der Waals surface area contributed by atoms with E-state index in [2.05, 4.69) is 76.6 Å². The molecular formula is C50H101N11O3. The second-order valence-electron chi connectivity index (χ2n) is 18.4. The lowest BCUT2D eigenvalue weighted by Gasteiger charge is -2.31. The number of ether oxygens (including phenoxy) is 3. The predicted octanol–water partition coefficient (Wildman–Crippen LogP) is 4.02. The first-order valence-electron chi connectivity index (χ1n) is 26.2. The summed E-state index contributed by atoms with van der Waals surface area (Å²) in [5.41, 5.74) is 1.14. The van der Waals surface area contributed by atoms with Gasteiger partial charge in [-0.1, -0.05) is 64.2 Å². The summed E-state index contributed by atoms with van der Waals surface area (Å²) in [5.74, 6) is 1.71. The fourth-order valence-corrected chi connectivity index (χ4v) is 8.32. The minimum atomic E-state index is 0.829. The summed E-state index contributed by atoms with van der Waals surface area (Å²) in [6.45, 7) is 29.9. The summed E-state index contributed by atoms with van der Waals surface area (Å²) >= 11 is 0. The van der Waals surface area contributed by atoms with Gasteiger partial charge >= 0.3 is 0 Å². The standard InChI is InChI=1S/C12H18N2O2.C10H21N3O.C7H15N.C7H14.C6H14N2.C5H12N2.C3H7N/c1-15-10-3-4-11(12(9-10)16-2)14-7-5-13-6-8-14;1-3-12(4-2-11-1)5-6-13-7-9-14-10-8-13;1-2-4-6-8-7-5-3-1;1-2-4-6-7-5-3-1;1-8-5-2-3-7-4-6-8;1-7-4-2-6-3-5-7;1-2-4-3-1/h3-4,9,13H,5-8H2,1-2H3;11H,1-10H2;8H,1-7H2;1-7H2;7H,2-6H2,1H3;6H,2-5H2,1H3;4H,1-3H2. The van der Waals surface area contributed by atoms with Crippen LogP contribution >= 0.6 is 0 Å². The number of anilines is 1. The van der Waals surface area contributed by atoms with Gasteiger partial charge in [0, 0.05) is 124 Å². The lowest BCUT2D eigenvalue weighted by molar-refractivity contribution is 0.0328. The number of nitrogens with zero attached hydrogens (tertiary/aromatic N) is 5. The number of methoxy groups -OCH3 is 2. The van der Waals surface area contributed by atoms with Gasteiger partial charge in [-0.15, -0.1) is 0 Å². The van der Waals surface area contributed by atoms with Crippen molar-refractivity contribution in [3.05, 3.63) is 18.2 Å². The normalized spacial score (nSPS) is 22.8. The van der Waals surface area contributed by atoms with Crippen LogP contribution in [0.3, 0.4) is 0 Å². The average Bonchev–Trinajstić information content (AvgIpc) is 3.78. The molecule has 0 atom stereocenters. The number of nitrogens with one attached hydrogen (secondary N) is 6. The van der Waals surface area contributed by atoms with Crippen LogP contribution in [-0.4, -0.2) is 218 Å². The van der Waals surface area contributed by atoms with Crippen LogP contribution in [0, 0.1) is 0 Å². The van der Waals surface area contributed by atoms with Gasteiger partial charge in [-0.3, -0.25) is 9.80 Å². The highest BCUT2D eigenvalue weighted by Gasteiger charge is 2.16. The molecule has 14 heteroatoms. The third-order valence-electron chi connectivity index (χ3n) is 13.0. The van der Waals surface area contributed by atoms with Gasteiger partial charge in [0.25, 0.3) is 0 Å². The quantitative estimate of drug-likeness (QED) is 0.231. The second kappa shape index (κ2) is 40.3. The molecule has 7 aliphatic heterocycles. The Balaban J connectivity index is 0.000000207. The Morgan fingerprint density at radius 2 is 0.812 bits per heavy atom. The van der Waals surface area contributed by atoms with Crippen molar-refractivity contribution < 1.29 is 14.2 Å². The molecule has 7 heterocycles. The van der Waals surface area contributed by atoms with Crippen molar-refractivity contribution in [3.63, 3.8) is 0 Å². The van der Waals surface area contributed by atoms with Crippen LogP contribution in [0.25, 0.3) is 0 Å². The number of morpholine rings is 1. The molecule has 1 aromatic carbocycles. The number of benzene rings is 1. The monoisotopic (exact) mass is 904 g/mol. The summed E-state index contributed by atoms with van der Waals surface area (Å²) in [4.78, 5) is 12.1. The summed E-state index contributed by atoms with van der Waals surface area (Å²) in [6, 6.07) is 5.96. The second-order valence-corrected chi connectivity index (χ2v) is 18.4. The lowest BCUT2D eigenvalue weighted by atomic mass is 10.1. The van der Waals surface area contributed by atoms with Crippen molar-refractivity contribution in [2.45, 2.75) is 89.9 Å². The van der Waals surface area contributed by atoms with Gasteiger partial charge in [0.1, 0.15) is 11.5 Å². The number of piperazine rings is 3. The molecule has 9 rings (SSSR count). The largest absolute Gasteiger partial charge is 0.497 e.